The summed E-state index contributed by atoms with van der Waals surface area (Å²) in [5.41, 5.74) is 2.06. The first-order valence-corrected chi connectivity index (χ1v) is 22.2. The number of aliphatic hydroxyl groups is 2. The van der Waals surface area contributed by atoms with Gasteiger partial charge in [-0.3, -0.25) is 14.4 Å². The monoisotopic (exact) mass is 795 g/mol. The Morgan fingerprint density at radius 1 is 0.727 bits per heavy atom. The van der Waals surface area contributed by atoms with Crippen LogP contribution in [0.3, 0.4) is 0 Å². The molecular formula is C45H69N3O5S2. The van der Waals surface area contributed by atoms with Crippen molar-refractivity contribution in [3.63, 3.8) is 0 Å². The SMILES string of the molecule is CC/C=C\C/C=C\C/C=C\C/C=C\C/C=C\C/C=C\CCC(=O)NCCSSC(C)(C)[C@H](NC(=O)C(C)c1ccc(CC(C)C)cc1)C(=O)NC(CO)CO. The Kier molecular flexibility index (Phi) is 27.9. The lowest BCUT2D eigenvalue weighted by atomic mass is 9.95. The molecule has 1 unspecified atom stereocenters. The number of benzene rings is 1. The van der Waals surface area contributed by atoms with E-state index >= 15 is 0 Å². The van der Waals surface area contributed by atoms with Gasteiger partial charge in [0.15, 0.2) is 0 Å². The summed E-state index contributed by atoms with van der Waals surface area (Å²) in [5.74, 6) is -0.149. The third kappa shape index (κ3) is 24.0. The minimum absolute atomic E-state index is 0.0146. The molecule has 0 heterocycles. The van der Waals surface area contributed by atoms with E-state index < -0.39 is 41.9 Å². The lowest BCUT2D eigenvalue weighted by molar-refractivity contribution is -0.131. The first-order chi connectivity index (χ1) is 26.4. The van der Waals surface area contributed by atoms with Crippen LogP contribution in [0.5, 0.6) is 0 Å². The molecule has 55 heavy (non-hydrogen) atoms. The number of allylic oxidation sites excluding steroid dienone is 12. The summed E-state index contributed by atoms with van der Waals surface area (Å²) in [5, 5.41) is 27.7. The van der Waals surface area contributed by atoms with Gasteiger partial charge >= 0.3 is 0 Å². The van der Waals surface area contributed by atoms with E-state index in [1.165, 1.54) is 27.2 Å². The summed E-state index contributed by atoms with van der Waals surface area (Å²) >= 11 is 0. The van der Waals surface area contributed by atoms with Crippen LogP contribution >= 0.6 is 21.6 Å². The van der Waals surface area contributed by atoms with Crippen molar-refractivity contribution in [2.24, 2.45) is 5.92 Å². The number of rotatable bonds is 29. The number of nitrogens with one attached hydrogen (secondary N) is 3. The van der Waals surface area contributed by atoms with Crippen molar-refractivity contribution in [1.82, 2.24) is 16.0 Å². The molecule has 306 valence electrons. The highest BCUT2D eigenvalue weighted by atomic mass is 33.1. The molecule has 1 rings (SSSR count). The molecule has 2 atom stereocenters. The zero-order valence-electron chi connectivity index (χ0n) is 34.2. The van der Waals surface area contributed by atoms with Gasteiger partial charge < -0.3 is 26.2 Å². The van der Waals surface area contributed by atoms with Gasteiger partial charge in [-0.15, -0.1) is 0 Å². The predicted octanol–water partition coefficient (Wildman–Crippen LogP) is 8.70. The molecule has 0 spiro atoms. The van der Waals surface area contributed by atoms with Gasteiger partial charge in [-0.2, -0.15) is 0 Å². The third-order valence-corrected chi connectivity index (χ3v) is 11.8. The minimum atomic E-state index is -0.947. The Morgan fingerprint density at radius 3 is 1.73 bits per heavy atom. The zero-order valence-corrected chi connectivity index (χ0v) is 35.8. The number of carbonyl (C=O) groups excluding carboxylic acids is 3. The number of hydrogen-bond acceptors (Lipinski definition) is 7. The number of aliphatic hydroxyl groups excluding tert-OH is 2. The molecule has 5 N–H and O–H groups in total. The predicted molar refractivity (Wildman–Crippen MR) is 236 cm³/mol. The molecule has 10 heteroatoms. The van der Waals surface area contributed by atoms with E-state index in [1.807, 2.05) is 51.1 Å². The second-order valence-electron chi connectivity index (χ2n) is 14.4. The zero-order chi connectivity index (χ0) is 40.7. The fourth-order valence-electron chi connectivity index (χ4n) is 5.24. The van der Waals surface area contributed by atoms with E-state index in [1.54, 1.807) is 0 Å². The van der Waals surface area contributed by atoms with Crippen LogP contribution in [0.25, 0.3) is 0 Å². The maximum absolute atomic E-state index is 13.4. The van der Waals surface area contributed by atoms with Crippen LogP contribution in [0.4, 0.5) is 0 Å². The van der Waals surface area contributed by atoms with Crippen molar-refractivity contribution in [3.8, 4) is 0 Å². The van der Waals surface area contributed by atoms with Crippen LogP contribution in [0.1, 0.15) is 110 Å². The van der Waals surface area contributed by atoms with E-state index in [2.05, 4.69) is 104 Å². The van der Waals surface area contributed by atoms with Crippen molar-refractivity contribution < 1.29 is 24.6 Å². The van der Waals surface area contributed by atoms with Gasteiger partial charge in [-0.25, -0.2) is 0 Å². The molecule has 3 amide bonds. The first-order valence-electron chi connectivity index (χ1n) is 19.8. The first kappa shape index (κ1) is 49.7. The summed E-state index contributed by atoms with van der Waals surface area (Å²) in [7, 11) is 2.95. The van der Waals surface area contributed by atoms with E-state index in [9.17, 15) is 24.6 Å². The van der Waals surface area contributed by atoms with Crippen molar-refractivity contribution in [1.29, 1.82) is 0 Å². The Labute approximate surface area is 340 Å². The molecule has 0 bridgehead atoms. The number of carbonyl (C=O) groups is 3. The molecule has 0 saturated heterocycles. The lowest BCUT2D eigenvalue weighted by Gasteiger charge is -2.34. The molecule has 0 aliphatic heterocycles. The average molecular weight is 796 g/mol. The number of amides is 3. The highest BCUT2D eigenvalue weighted by molar-refractivity contribution is 8.77. The molecule has 0 radical (unpaired) electrons. The quantitative estimate of drug-likeness (QED) is 0.0312. The van der Waals surface area contributed by atoms with E-state index in [0.717, 1.165) is 50.5 Å². The highest BCUT2D eigenvalue weighted by Crippen LogP contribution is 2.38. The summed E-state index contributed by atoms with van der Waals surface area (Å²) in [4.78, 5) is 39.2. The van der Waals surface area contributed by atoms with Crippen molar-refractivity contribution in [2.75, 3.05) is 25.5 Å². The topological polar surface area (TPSA) is 128 Å². The third-order valence-electron chi connectivity index (χ3n) is 8.46. The fourth-order valence-corrected chi connectivity index (χ4v) is 7.77. The lowest BCUT2D eigenvalue weighted by Crippen LogP contribution is -2.59. The van der Waals surface area contributed by atoms with Gasteiger partial charge in [0, 0.05) is 23.5 Å². The second kappa shape index (κ2) is 30.9. The van der Waals surface area contributed by atoms with Crippen LogP contribution in [0.2, 0.25) is 0 Å². The maximum atomic E-state index is 13.4. The fraction of sp³-hybridized carbons (Fsp3) is 0.533. The normalized spacial score (nSPS) is 13.8. The Bertz CT molecular complexity index is 1400. The standard InChI is InChI=1S/C45H69N3O5S2/c1-7-8-9-10-11-12-13-14-15-16-17-18-19-20-21-22-23-24-25-26-41(51)46-31-32-54-55-45(5,6)42(44(53)47-40(34-49)35-50)48-43(52)37(4)39-29-27-38(28-30-39)33-36(2)3/h8-9,11-12,14-15,17-18,20-21,23-24,27-30,36-37,40,42,49-50H,7,10,13,16,19,22,25-26,31-35H2,1-6H3,(H,46,51)(H,47,53)(H,48,52)/b9-8-,12-11-,15-14-,18-17-,21-20-,24-23-/t37?,42-/m1/s1. The molecule has 0 aliphatic rings. The molecule has 8 nitrogen and oxygen atoms in total. The maximum Gasteiger partial charge on any atom is 0.244 e. The van der Waals surface area contributed by atoms with Crippen LogP contribution in [0, 0.1) is 5.92 Å². The molecule has 0 saturated carbocycles. The largest absolute Gasteiger partial charge is 0.394 e. The van der Waals surface area contributed by atoms with Gasteiger partial charge in [0.1, 0.15) is 6.04 Å². The molecule has 0 aliphatic carbocycles. The highest BCUT2D eigenvalue weighted by Gasteiger charge is 2.39. The second-order valence-corrected chi connectivity index (χ2v) is 17.5. The minimum Gasteiger partial charge on any atom is -0.394 e. The van der Waals surface area contributed by atoms with Crippen molar-refractivity contribution in [2.45, 2.75) is 122 Å². The van der Waals surface area contributed by atoms with Crippen LogP contribution in [-0.2, 0) is 20.8 Å². The molecular weight excluding hydrogens is 727 g/mol. The smallest absolute Gasteiger partial charge is 0.244 e. The Balaban J connectivity index is 2.45. The molecule has 0 aromatic heterocycles. The van der Waals surface area contributed by atoms with Gasteiger partial charge in [0.05, 0.1) is 25.2 Å². The summed E-state index contributed by atoms with van der Waals surface area (Å²) in [6.07, 6.45) is 33.7. The average Bonchev–Trinajstić information content (AvgIpc) is 3.16. The summed E-state index contributed by atoms with van der Waals surface area (Å²) < 4.78 is -0.763. The van der Waals surface area contributed by atoms with E-state index in [4.69, 9.17) is 0 Å². The van der Waals surface area contributed by atoms with Crippen LogP contribution in [-0.4, -0.2) is 70.3 Å². The van der Waals surface area contributed by atoms with E-state index in [-0.39, 0.29) is 11.8 Å². The van der Waals surface area contributed by atoms with Gasteiger partial charge in [0.25, 0.3) is 0 Å². The van der Waals surface area contributed by atoms with Crippen molar-refractivity contribution >= 4 is 39.3 Å². The molecule has 0 fully saturated rings. The Morgan fingerprint density at radius 2 is 1.24 bits per heavy atom. The van der Waals surface area contributed by atoms with Crippen LogP contribution in [0.15, 0.2) is 97.2 Å². The molecule has 1 aromatic rings. The Hall–Kier alpha value is -3.31. The number of hydrogen-bond donors (Lipinski definition) is 5. The van der Waals surface area contributed by atoms with E-state index in [0.29, 0.717) is 31.1 Å². The van der Waals surface area contributed by atoms with Crippen LogP contribution < -0.4 is 16.0 Å². The molecule has 1 aromatic carbocycles. The van der Waals surface area contributed by atoms with Gasteiger partial charge in [0.2, 0.25) is 17.7 Å². The van der Waals surface area contributed by atoms with Gasteiger partial charge in [-0.05, 0) is 89.2 Å². The van der Waals surface area contributed by atoms with Gasteiger partial charge in [-0.1, -0.05) is 140 Å². The summed E-state index contributed by atoms with van der Waals surface area (Å²) in [6.45, 7) is 11.6. The van der Waals surface area contributed by atoms with Crippen molar-refractivity contribution in [3.05, 3.63) is 108 Å². The summed E-state index contributed by atoms with van der Waals surface area (Å²) in [6, 6.07) is 6.20.